The van der Waals surface area contributed by atoms with E-state index < -0.39 is 16.2 Å². The first-order valence-corrected chi connectivity index (χ1v) is 11.8. The number of aromatic amines is 1. The number of benzene rings is 2. The number of nitrogen functional groups attached to an aromatic ring is 1. The lowest BCUT2D eigenvalue weighted by atomic mass is 10.1. The number of rotatable bonds is 12. The number of hydrogen-bond acceptors (Lipinski definition) is 7. The van der Waals surface area contributed by atoms with E-state index in [1.165, 1.54) is 15.5 Å². The number of nitrogens with two attached hydrogens (primary N) is 1. The lowest BCUT2D eigenvalue weighted by molar-refractivity contribution is -0.384. The molecule has 0 radical (unpaired) electrons. The summed E-state index contributed by atoms with van der Waals surface area (Å²) in [5, 5.41) is 14.2. The molecule has 190 valence electrons. The third-order valence-corrected chi connectivity index (χ3v) is 5.69. The molecular weight excluding hydrogens is 464 g/mol. The van der Waals surface area contributed by atoms with Gasteiger partial charge in [0.15, 0.2) is 5.69 Å². The maximum absolute atomic E-state index is 13.3. The maximum Gasteiger partial charge on any atom is 0.330 e. The van der Waals surface area contributed by atoms with E-state index in [2.05, 4.69) is 10.3 Å². The molecule has 1 amide bonds. The lowest BCUT2D eigenvalue weighted by Crippen LogP contribution is -2.41. The molecule has 11 nitrogen and oxygen atoms in total. The molecule has 36 heavy (non-hydrogen) atoms. The normalized spacial score (nSPS) is 10.7. The molecule has 3 rings (SSSR count). The maximum atomic E-state index is 13.3. The molecule has 0 unspecified atom stereocenters. The molecule has 11 heteroatoms. The fraction of sp³-hybridized carbons (Fsp3) is 0.320. The second-order valence-corrected chi connectivity index (χ2v) is 8.27. The zero-order chi connectivity index (χ0) is 26.1. The summed E-state index contributed by atoms with van der Waals surface area (Å²) in [6.45, 7) is 2.68. The van der Waals surface area contributed by atoms with Crippen molar-refractivity contribution < 1.29 is 9.72 Å². The first-order chi connectivity index (χ1) is 17.3. The average Bonchev–Trinajstić information content (AvgIpc) is 2.86. The Labute approximate surface area is 207 Å². The minimum absolute atomic E-state index is 0.0490. The number of nitrogens with zero attached hydrogens (tertiary/aromatic N) is 3. The zero-order valence-corrected chi connectivity index (χ0v) is 20.1. The Morgan fingerprint density at radius 3 is 2.50 bits per heavy atom. The van der Waals surface area contributed by atoms with Gasteiger partial charge in [-0.3, -0.25) is 29.3 Å². The number of unbranched alkanes of at least 4 members (excludes halogenated alkanes) is 1. The van der Waals surface area contributed by atoms with Gasteiger partial charge >= 0.3 is 5.69 Å². The minimum Gasteiger partial charge on any atom is -0.383 e. The van der Waals surface area contributed by atoms with Crippen LogP contribution in [0.2, 0.25) is 0 Å². The van der Waals surface area contributed by atoms with Crippen LogP contribution >= 0.6 is 0 Å². The Morgan fingerprint density at radius 2 is 1.81 bits per heavy atom. The van der Waals surface area contributed by atoms with Crippen molar-refractivity contribution in [3.8, 4) is 0 Å². The van der Waals surface area contributed by atoms with Gasteiger partial charge in [0.2, 0.25) is 5.91 Å². The quantitative estimate of drug-likeness (QED) is 0.198. The summed E-state index contributed by atoms with van der Waals surface area (Å²) >= 11 is 0. The molecule has 3 aromatic rings. The molecular formula is C25H30N6O5. The number of nitro groups is 1. The summed E-state index contributed by atoms with van der Waals surface area (Å²) in [5.41, 5.74) is 5.95. The molecule has 0 saturated carbocycles. The highest BCUT2D eigenvalue weighted by atomic mass is 16.6. The molecule has 0 spiro atoms. The number of para-hydroxylation sites is 2. The molecule has 1 heterocycles. The van der Waals surface area contributed by atoms with Crippen LogP contribution in [0.25, 0.3) is 0 Å². The van der Waals surface area contributed by atoms with E-state index >= 15 is 0 Å². The van der Waals surface area contributed by atoms with Crippen molar-refractivity contribution in [2.24, 2.45) is 0 Å². The van der Waals surface area contributed by atoms with Crippen LogP contribution in [-0.2, 0) is 17.9 Å². The number of anilines is 3. The molecule has 0 bridgehead atoms. The summed E-state index contributed by atoms with van der Waals surface area (Å²) < 4.78 is 1.28. The third-order valence-electron chi connectivity index (χ3n) is 5.69. The standard InChI is InChI=1S/C25H30N6O5/c1-2-3-16-29-23(26)22(24(33)28-25(29)34)30(17-18-10-5-4-6-11-18)21(32)14-9-15-27-19-12-7-8-13-20(19)31(35)36/h4-8,10-13,27H,2-3,9,14-17,26H2,1H3,(H,28,33,34). The van der Waals surface area contributed by atoms with Crippen LogP contribution in [0.4, 0.5) is 22.9 Å². The van der Waals surface area contributed by atoms with E-state index in [0.29, 0.717) is 31.6 Å². The SMILES string of the molecule is CCCCn1c(N)c(N(Cc2ccccc2)C(=O)CCCNc2ccccc2[N+](=O)[O-])c(=O)[nH]c1=O. The van der Waals surface area contributed by atoms with E-state index in [9.17, 15) is 24.5 Å². The summed E-state index contributed by atoms with van der Waals surface area (Å²) in [6.07, 6.45) is 1.90. The van der Waals surface area contributed by atoms with Crippen LogP contribution in [0.15, 0.2) is 64.2 Å². The van der Waals surface area contributed by atoms with Gasteiger partial charge in [0, 0.05) is 25.6 Å². The summed E-state index contributed by atoms with van der Waals surface area (Å²) in [7, 11) is 0. The van der Waals surface area contributed by atoms with E-state index in [0.717, 1.165) is 12.0 Å². The average molecular weight is 495 g/mol. The first kappa shape index (κ1) is 26.2. The number of nitrogens with one attached hydrogen (secondary N) is 2. The Balaban J connectivity index is 1.83. The van der Waals surface area contributed by atoms with Crippen LogP contribution in [0.5, 0.6) is 0 Å². The second kappa shape index (κ2) is 12.3. The largest absolute Gasteiger partial charge is 0.383 e. The number of amides is 1. The van der Waals surface area contributed by atoms with Gasteiger partial charge in [0.1, 0.15) is 11.5 Å². The van der Waals surface area contributed by atoms with E-state index in [-0.39, 0.29) is 36.1 Å². The van der Waals surface area contributed by atoms with Crippen molar-refractivity contribution in [1.29, 1.82) is 0 Å². The van der Waals surface area contributed by atoms with Crippen molar-refractivity contribution in [2.75, 3.05) is 22.5 Å². The van der Waals surface area contributed by atoms with Gasteiger partial charge in [0.05, 0.1) is 11.5 Å². The molecule has 0 aliphatic rings. The molecule has 2 aromatic carbocycles. The van der Waals surface area contributed by atoms with Gasteiger partial charge < -0.3 is 16.0 Å². The molecule has 0 aliphatic carbocycles. The van der Waals surface area contributed by atoms with Crippen molar-refractivity contribution in [3.63, 3.8) is 0 Å². The molecule has 0 atom stereocenters. The fourth-order valence-electron chi connectivity index (χ4n) is 3.81. The molecule has 0 saturated heterocycles. The van der Waals surface area contributed by atoms with Crippen molar-refractivity contribution in [2.45, 2.75) is 45.7 Å². The van der Waals surface area contributed by atoms with Gasteiger partial charge in [-0.2, -0.15) is 0 Å². The number of H-pyrrole nitrogens is 1. The summed E-state index contributed by atoms with van der Waals surface area (Å²) in [6, 6.07) is 15.4. The van der Waals surface area contributed by atoms with E-state index in [1.54, 1.807) is 18.2 Å². The monoisotopic (exact) mass is 494 g/mol. The highest BCUT2D eigenvalue weighted by Crippen LogP contribution is 2.24. The molecule has 0 fully saturated rings. The van der Waals surface area contributed by atoms with Crippen molar-refractivity contribution >= 4 is 28.8 Å². The highest BCUT2D eigenvalue weighted by molar-refractivity contribution is 5.95. The number of nitro benzene ring substituents is 1. The number of hydrogen-bond donors (Lipinski definition) is 3. The van der Waals surface area contributed by atoms with Crippen molar-refractivity contribution in [1.82, 2.24) is 9.55 Å². The summed E-state index contributed by atoms with van der Waals surface area (Å²) in [5.74, 6) is -0.416. The molecule has 1 aromatic heterocycles. The molecule has 0 aliphatic heterocycles. The van der Waals surface area contributed by atoms with Crippen LogP contribution < -0.4 is 27.2 Å². The van der Waals surface area contributed by atoms with Gasteiger partial charge in [-0.25, -0.2) is 4.79 Å². The smallest absolute Gasteiger partial charge is 0.330 e. The van der Waals surface area contributed by atoms with Gasteiger partial charge in [-0.15, -0.1) is 0 Å². The molecule has 4 N–H and O–H groups in total. The highest BCUT2D eigenvalue weighted by Gasteiger charge is 2.24. The van der Waals surface area contributed by atoms with Crippen LogP contribution in [0.3, 0.4) is 0 Å². The predicted molar refractivity (Wildman–Crippen MR) is 139 cm³/mol. The minimum atomic E-state index is -0.729. The van der Waals surface area contributed by atoms with Gasteiger partial charge in [0.25, 0.3) is 11.2 Å². The van der Waals surface area contributed by atoms with Crippen LogP contribution in [0.1, 0.15) is 38.2 Å². The number of carbonyl (C=O) groups is 1. The first-order valence-electron chi connectivity index (χ1n) is 11.8. The van der Waals surface area contributed by atoms with Gasteiger partial charge in [-0.05, 0) is 24.5 Å². The Bertz CT molecular complexity index is 1320. The Morgan fingerprint density at radius 1 is 1.11 bits per heavy atom. The van der Waals surface area contributed by atoms with E-state index in [4.69, 9.17) is 5.73 Å². The Kier molecular flexibility index (Phi) is 8.98. The van der Waals surface area contributed by atoms with Gasteiger partial charge in [-0.1, -0.05) is 55.8 Å². The predicted octanol–water partition coefficient (Wildman–Crippen LogP) is 3.25. The van der Waals surface area contributed by atoms with Crippen LogP contribution in [0, 0.1) is 10.1 Å². The second-order valence-electron chi connectivity index (χ2n) is 8.27. The summed E-state index contributed by atoms with van der Waals surface area (Å²) in [4.78, 5) is 52.8. The van der Waals surface area contributed by atoms with Crippen LogP contribution in [-0.4, -0.2) is 26.9 Å². The number of carbonyl (C=O) groups excluding carboxylic acids is 1. The Hall–Kier alpha value is -4.41. The van der Waals surface area contributed by atoms with Crippen molar-refractivity contribution in [3.05, 3.63) is 91.1 Å². The topological polar surface area (TPSA) is 156 Å². The van der Waals surface area contributed by atoms with E-state index in [1.807, 2.05) is 37.3 Å². The lowest BCUT2D eigenvalue weighted by Gasteiger charge is -2.25. The fourth-order valence-corrected chi connectivity index (χ4v) is 3.81. The zero-order valence-electron chi connectivity index (χ0n) is 20.1. The third kappa shape index (κ3) is 6.38. The number of aromatic nitrogens is 2.